The zero-order valence-electron chi connectivity index (χ0n) is 17.5. The van der Waals surface area contributed by atoms with Gasteiger partial charge in [0, 0.05) is 13.4 Å². The van der Waals surface area contributed by atoms with E-state index in [9.17, 15) is 40.1 Å². The van der Waals surface area contributed by atoms with Gasteiger partial charge >= 0.3 is 11.9 Å². The molecule has 7 nitrogen and oxygen atoms in total. The van der Waals surface area contributed by atoms with Gasteiger partial charge in [-0.05, 0) is 75.1 Å². The van der Waals surface area contributed by atoms with E-state index in [4.69, 9.17) is 4.74 Å². The van der Waals surface area contributed by atoms with E-state index in [1.807, 2.05) is 0 Å². The number of hydrogen-bond acceptors (Lipinski definition) is 7. The van der Waals surface area contributed by atoms with Gasteiger partial charge in [-0.1, -0.05) is 15.9 Å². The number of carbonyl (C=O) groups excluding carboxylic acids is 2. The molecular weight excluding hydrogens is 712 g/mol. The molecule has 0 radical (unpaired) electrons. The van der Waals surface area contributed by atoms with Gasteiger partial charge in [0.2, 0.25) is 17.4 Å². The van der Waals surface area contributed by atoms with E-state index < -0.39 is 73.9 Å². The summed E-state index contributed by atoms with van der Waals surface area (Å²) in [6, 6.07) is 3.33. The van der Waals surface area contributed by atoms with Crippen molar-refractivity contribution in [2.45, 2.75) is 30.3 Å². The Morgan fingerprint density at radius 2 is 1.44 bits per heavy atom. The highest BCUT2D eigenvalue weighted by molar-refractivity contribution is 9.11. The fraction of sp³-hybridized carbons (Fsp3) is 0.333. The summed E-state index contributed by atoms with van der Waals surface area (Å²) in [5.41, 5.74) is 0.260. The number of ether oxygens (including phenoxy) is 2. The van der Waals surface area contributed by atoms with Crippen molar-refractivity contribution in [1.82, 2.24) is 0 Å². The highest BCUT2D eigenvalue weighted by atomic mass is 79.9. The maximum absolute atomic E-state index is 14.2. The number of rotatable bonds is 5. The van der Waals surface area contributed by atoms with Crippen LogP contribution in [0.1, 0.15) is 29.6 Å². The Morgan fingerprint density at radius 3 is 1.92 bits per heavy atom. The average Bonchev–Trinajstić information content (AvgIpc) is 3.34. The Morgan fingerprint density at radius 1 is 0.889 bits per heavy atom. The van der Waals surface area contributed by atoms with Crippen molar-refractivity contribution < 1.29 is 49.6 Å². The van der Waals surface area contributed by atoms with Crippen molar-refractivity contribution in [2.75, 3.05) is 0 Å². The van der Waals surface area contributed by atoms with Gasteiger partial charge < -0.3 is 14.0 Å². The molecule has 0 aliphatic heterocycles. The summed E-state index contributed by atoms with van der Waals surface area (Å²) in [6.07, 6.45) is 0.245. The molecule has 0 aromatic heterocycles. The maximum atomic E-state index is 14.2. The monoisotopic (exact) mass is 721 g/mol. The van der Waals surface area contributed by atoms with Crippen LogP contribution in [-0.2, 0) is 19.6 Å². The summed E-state index contributed by atoms with van der Waals surface area (Å²) in [6.45, 7) is 0. The van der Waals surface area contributed by atoms with Gasteiger partial charge in [0.05, 0.1) is 11.5 Å². The summed E-state index contributed by atoms with van der Waals surface area (Å²) in [5.74, 6) is -14.8. The van der Waals surface area contributed by atoms with Crippen molar-refractivity contribution >= 4 is 69.8 Å². The highest BCUT2D eigenvalue weighted by Gasteiger charge is 2.51. The van der Waals surface area contributed by atoms with Crippen LogP contribution in [0.3, 0.4) is 0 Å². The van der Waals surface area contributed by atoms with Crippen molar-refractivity contribution in [2.24, 2.45) is 17.8 Å². The second-order valence-corrected chi connectivity index (χ2v) is 12.3. The van der Waals surface area contributed by atoms with Crippen molar-refractivity contribution in [3.63, 3.8) is 0 Å². The number of benzene rings is 2. The minimum absolute atomic E-state index is 0.116. The van der Waals surface area contributed by atoms with Gasteiger partial charge in [-0.25, -0.2) is 22.0 Å². The summed E-state index contributed by atoms with van der Waals surface area (Å²) < 4.78 is 101. The fourth-order valence-corrected chi connectivity index (χ4v) is 7.87. The van der Waals surface area contributed by atoms with Crippen LogP contribution in [0.25, 0.3) is 0 Å². The topological polar surface area (TPSA) is 110 Å². The first kappa shape index (κ1) is 27.5. The molecule has 0 amide bonds. The molecular formula is C21H12Br3F4O7S-. The Labute approximate surface area is 226 Å². The van der Waals surface area contributed by atoms with Crippen molar-refractivity contribution in [3.05, 3.63) is 54.4 Å². The van der Waals surface area contributed by atoms with Crippen LogP contribution in [0.2, 0.25) is 0 Å². The average molecular weight is 724 g/mol. The molecule has 0 spiro atoms. The van der Waals surface area contributed by atoms with Gasteiger partial charge in [0.15, 0.2) is 11.6 Å². The van der Waals surface area contributed by atoms with Crippen LogP contribution in [0.4, 0.5) is 17.6 Å². The molecule has 2 saturated carbocycles. The summed E-state index contributed by atoms with van der Waals surface area (Å²) in [5, 5.41) is 0. The van der Waals surface area contributed by atoms with E-state index in [-0.39, 0.29) is 24.3 Å². The van der Waals surface area contributed by atoms with E-state index in [2.05, 4.69) is 52.5 Å². The summed E-state index contributed by atoms with van der Waals surface area (Å²) in [7, 11) is -5.89. The molecule has 4 rings (SSSR count). The van der Waals surface area contributed by atoms with E-state index in [1.165, 1.54) is 0 Å². The van der Waals surface area contributed by atoms with Crippen molar-refractivity contribution in [1.29, 1.82) is 0 Å². The molecule has 194 valence electrons. The minimum Gasteiger partial charge on any atom is -0.744 e. The molecule has 2 bridgehead atoms. The highest BCUT2D eigenvalue weighted by Crippen LogP contribution is 2.50. The number of hydrogen-bond donors (Lipinski definition) is 0. The molecule has 2 aromatic rings. The molecule has 4 unspecified atom stereocenters. The Balaban J connectivity index is 1.47. The second kappa shape index (κ2) is 9.97. The molecule has 0 heterocycles. The fourth-order valence-electron chi connectivity index (χ4n) is 4.67. The third-order valence-electron chi connectivity index (χ3n) is 6.20. The molecule has 2 aliphatic rings. The second-order valence-electron chi connectivity index (χ2n) is 8.31. The Hall–Kier alpha value is -1.55. The van der Waals surface area contributed by atoms with Crippen LogP contribution >= 0.6 is 47.8 Å². The van der Waals surface area contributed by atoms with Gasteiger partial charge in [-0.3, -0.25) is 4.79 Å². The lowest BCUT2D eigenvalue weighted by Gasteiger charge is -2.27. The first-order valence-corrected chi connectivity index (χ1v) is 13.9. The predicted molar refractivity (Wildman–Crippen MR) is 123 cm³/mol. The maximum Gasteiger partial charge on any atom is 0.340 e. The first-order valence-electron chi connectivity index (χ1n) is 10.1. The third-order valence-corrected chi connectivity index (χ3v) is 8.77. The van der Waals surface area contributed by atoms with Crippen LogP contribution in [0.15, 0.2) is 30.4 Å². The summed E-state index contributed by atoms with van der Waals surface area (Å²) >= 11 is 9.90. The van der Waals surface area contributed by atoms with E-state index in [0.717, 1.165) is 4.47 Å². The lowest BCUT2D eigenvalue weighted by molar-refractivity contribution is -0.141. The molecule has 2 aromatic carbocycles. The van der Waals surface area contributed by atoms with E-state index in [0.29, 0.717) is 15.4 Å². The number of fused-ring (bicyclic) bond motifs is 2. The van der Waals surface area contributed by atoms with E-state index in [1.54, 1.807) is 12.1 Å². The standard InChI is InChI=1S/C21H13Br3F4O7S/c22-8-4-10(23)13(11(24)5-8)21(30)34-12-3-6-1-7(12)2-9(6)20(29)35-18-14(25)16(27)19(36(31,32)33)17(28)15(18)26/h4-7,9,12H,1-3H2,(H,31,32,33)/p-1. The molecule has 4 atom stereocenters. The van der Waals surface area contributed by atoms with Crippen LogP contribution < -0.4 is 4.74 Å². The third kappa shape index (κ3) is 4.96. The van der Waals surface area contributed by atoms with Gasteiger partial charge in [-0.2, -0.15) is 8.78 Å². The first-order chi connectivity index (χ1) is 16.7. The molecule has 0 saturated heterocycles. The SMILES string of the molecule is O=C(OC1CC2CC1CC2C(=O)Oc1c(F)c(F)c(S(=O)(=O)[O-])c(F)c1F)c1c(Br)cc(Br)cc1Br. The molecule has 0 N–H and O–H groups in total. The van der Waals surface area contributed by atoms with E-state index >= 15 is 0 Å². The number of esters is 2. The Bertz CT molecular complexity index is 1350. The van der Waals surface area contributed by atoms with Crippen LogP contribution in [0, 0.1) is 41.0 Å². The van der Waals surface area contributed by atoms with Gasteiger partial charge in [0.25, 0.3) is 0 Å². The lowest BCUT2D eigenvalue weighted by Crippen LogP contribution is -2.33. The van der Waals surface area contributed by atoms with Crippen LogP contribution in [0.5, 0.6) is 5.75 Å². The normalized spacial score (nSPS) is 23.1. The molecule has 36 heavy (non-hydrogen) atoms. The molecule has 15 heteroatoms. The number of carbonyl (C=O) groups is 2. The number of halogens is 7. The van der Waals surface area contributed by atoms with Gasteiger partial charge in [0.1, 0.15) is 21.1 Å². The summed E-state index contributed by atoms with van der Waals surface area (Å²) in [4.78, 5) is 23.0. The zero-order valence-corrected chi connectivity index (χ0v) is 23.1. The van der Waals surface area contributed by atoms with Gasteiger partial charge in [-0.15, -0.1) is 0 Å². The minimum atomic E-state index is -5.89. The van der Waals surface area contributed by atoms with Crippen molar-refractivity contribution in [3.8, 4) is 5.75 Å². The largest absolute Gasteiger partial charge is 0.744 e. The molecule has 2 aliphatic carbocycles. The smallest absolute Gasteiger partial charge is 0.340 e. The quantitative estimate of drug-likeness (QED) is 0.130. The Kier molecular flexibility index (Phi) is 7.61. The lowest BCUT2D eigenvalue weighted by atomic mass is 9.87. The predicted octanol–water partition coefficient (Wildman–Crippen LogP) is 5.61. The van der Waals surface area contributed by atoms with Crippen LogP contribution in [-0.4, -0.2) is 31.0 Å². The molecule has 2 fully saturated rings. The zero-order chi connectivity index (χ0) is 26.7.